The van der Waals surface area contributed by atoms with Crippen molar-refractivity contribution >= 4 is 23.2 Å². The molecule has 0 fully saturated rings. The van der Waals surface area contributed by atoms with Crippen LogP contribution >= 0.6 is 11.6 Å². The van der Waals surface area contributed by atoms with E-state index in [-0.39, 0.29) is 11.8 Å². The summed E-state index contributed by atoms with van der Waals surface area (Å²) in [5.74, 6) is -0.112. The normalized spacial score (nSPS) is 12.6. The maximum Gasteiger partial charge on any atom is 0.241 e. The quantitative estimate of drug-likeness (QED) is 0.772. The molecule has 0 aromatic carbocycles. The molecule has 5 heteroatoms. The van der Waals surface area contributed by atoms with Crippen molar-refractivity contribution in [3.05, 3.63) is 23.5 Å². The van der Waals surface area contributed by atoms with E-state index in [1.54, 1.807) is 12.1 Å². The maximum atomic E-state index is 11.5. The van der Waals surface area contributed by atoms with Gasteiger partial charge >= 0.3 is 0 Å². The zero-order chi connectivity index (χ0) is 11.4. The van der Waals surface area contributed by atoms with Crippen LogP contribution in [0, 0.1) is 5.92 Å². The van der Waals surface area contributed by atoms with Crippen molar-refractivity contribution in [2.24, 2.45) is 11.7 Å². The summed E-state index contributed by atoms with van der Waals surface area (Å²) in [6.45, 7) is 3.79. The number of halogens is 1. The summed E-state index contributed by atoms with van der Waals surface area (Å²) in [6, 6.07) is 2.78. The molecule has 1 aromatic rings. The van der Waals surface area contributed by atoms with Gasteiger partial charge in [0.1, 0.15) is 5.15 Å². The average molecular weight is 228 g/mol. The molecule has 15 heavy (non-hydrogen) atoms. The number of amides is 1. The highest BCUT2D eigenvalue weighted by molar-refractivity contribution is 6.29. The second kappa shape index (κ2) is 5.09. The van der Waals surface area contributed by atoms with Crippen LogP contribution in [-0.2, 0) is 4.79 Å². The third-order valence-corrected chi connectivity index (χ3v) is 2.24. The number of rotatable bonds is 3. The monoisotopic (exact) mass is 227 g/mol. The zero-order valence-electron chi connectivity index (χ0n) is 8.70. The topological polar surface area (TPSA) is 68.0 Å². The van der Waals surface area contributed by atoms with E-state index in [9.17, 15) is 4.79 Å². The van der Waals surface area contributed by atoms with E-state index in [0.29, 0.717) is 10.8 Å². The first-order valence-corrected chi connectivity index (χ1v) is 5.06. The Morgan fingerprint density at radius 2 is 2.20 bits per heavy atom. The highest BCUT2D eigenvalue weighted by Gasteiger charge is 2.16. The van der Waals surface area contributed by atoms with Crippen molar-refractivity contribution in [1.82, 2.24) is 4.98 Å². The molecule has 1 heterocycles. The van der Waals surface area contributed by atoms with Gasteiger partial charge in [0.15, 0.2) is 0 Å². The molecule has 1 atom stereocenters. The van der Waals surface area contributed by atoms with Crippen LogP contribution in [0.4, 0.5) is 5.69 Å². The number of carbonyl (C=O) groups excluding carboxylic acids is 1. The van der Waals surface area contributed by atoms with Crippen molar-refractivity contribution in [1.29, 1.82) is 0 Å². The van der Waals surface area contributed by atoms with Gasteiger partial charge in [-0.2, -0.15) is 0 Å². The Morgan fingerprint density at radius 1 is 1.53 bits per heavy atom. The molecule has 3 N–H and O–H groups in total. The van der Waals surface area contributed by atoms with E-state index >= 15 is 0 Å². The fourth-order valence-corrected chi connectivity index (χ4v) is 1.09. The Hall–Kier alpha value is -1.13. The van der Waals surface area contributed by atoms with Crippen LogP contribution in [0.15, 0.2) is 18.3 Å². The van der Waals surface area contributed by atoms with Crippen molar-refractivity contribution in [2.45, 2.75) is 19.9 Å². The number of hydrogen-bond acceptors (Lipinski definition) is 3. The number of pyridine rings is 1. The Bertz CT molecular complexity index is 337. The lowest BCUT2D eigenvalue weighted by molar-refractivity contribution is -0.118. The van der Waals surface area contributed by atoms with Crippen LogP contribution in [0.5, 0.6) is 0 Å². The number of anilines is 1. The Kier molecular flexibility index (Phi) is 4.05. The number of nitrogens with two attached hydrogens (primary N) is 1. The molecule has 0 radical (unpaired) electrons. The molecule has 1 rings (SSSR count). The summed E-state index contributed by atoms with van der Waals surface area (Å²) < 4.78 is 0. The number of aromatic nitrogens is 1. The van der Waals surface area contributed by atoms with Gasteiger partial charge in [-0.3, -0.25) is 4.79 Å². The van der Waals surface area contributed by atoms with Crippen molar-refractivity contribution in [3.63, 3.8) is 0 Å². The molecular weight excluding hydrogens is 214 g/mol. The van der Waals surface area contributed by atoms with E-state index in [1.807, 2.05) is 13.8 Å². The second-order valence-corrected chi connectivity index (χ2v) is 4.02. The van der Waals surface area contributed by atoms with Crippen LogP contribution in [0.1, 0.15) is 13.8 Å². The van der Waals surface area contributed by atoms with Crippen LogP contribution in [0.3, 0.4) is 0 Å². The van der Waals surface area contributed by atoms with Crippen molar-refractivity contribution < 1.29 is 4.79 Å². The number of nitrogens with one attached hydrogen (secondary N) is 1. The van der Waals surface area contributed by atoms with Crippen LogP contribution in [-0.4, -0.2) is 16.9 Å². The van der Waals surface area contributed by atoms with Gasteiger partial charge in [0.2, 0.25) is 5.91 Å². The Balaban J connectivity index is 2.62. The second-order valence-electron chi connectivity index (χ2n) is 3.63. The molecule has 0 aliphatic heterocycles. The summed E-state index contributed by atoms with van der Waals surface area (Å²) in [7, 11) is 0. The van der Waals surface area contributed by atoms with Crippen LogP contribution in [0.2, 0.25) is 5.15 Å². The minimum absolute atomic E-state index is 0.102. The van der Waals surface area contributed by atoms with Gasteiger partial charge < -0.3 is 11.1 Å². The third kappa shape index (κ3) is 3.49. The lowest BCUT2D eigenvalue weighted by Gasteiger charge is -2.14. The van der Waals surface area contributed by atoms with Gasteiger partial charge in [0.05, 0.1) is 17.9 Å². The van der Waals surface area contributed by atoms with Gasteiger partial charge in [-0.1, -0.05) is 25.4 Å². The number of nitrogens with zero attached hydrogens (tertiary/aromatic N) is 1. The molecule has 82 valence electrons. The molecule has 1 aromatic heterocycles. The molecule has 0 saturated heterocycles. The number of hydrogen-bond donors (Lipinski definition) is 2. The van der Waals surface area contributed by atoms with E-state index in [4.69, 9.17) is 17.3 Å². The van der Waals surface area contributed by atoms with Gasteiger partial charge in [-0.05, 0) is 18.1 Å². The Labute approximate surface area is 93.8 Å². The fraction of sp³-hybridized carbons (Fsp3) is 0.400. The highest BCUT2D eigenvalue weighted by Crippen LogP contribution is 2.10. The minimum Gasteiger partial charge on any atom is -0.323 e. The van der Waals surface area contributed by atoms with Gasteiger partial charge in [-0.25, -0.2) is 4.98 Å². The molecule has 4 nitrogen and oxygen atoms in total. The van der Waals surface area contributed by atoms with Gasteiger partial charge in [0.25, 0.3) is 0 Å². The molecule has 1 amide bonds. The molecule has 0 aliphatic rings. The molecular formula is C10H14ClN3O. The summed E-state index contributed by atoms with van der Waals surface area (Å²) >= 11 is 5.61. The molecule has 0 aliphatic carbocycles. The average Bonchev–Trinajstić information content (AvgIpc) is 2.20. The molecule has 0 bridgehead atoms. The molecule has 0 spiro atoms. The summed E-state index contributed by atoms with van der Waals surface area (Å²) in [5.41, 5.74) is 6.28. The smallest absolute Gasteiger partial charge is 0.241 e. The van der Waals surface area contributed by atoms with E-state index < -0.39 is 6.04 Å². The predicted octanol–water partition coefficient (Wildman–Crippen LogP) is 1.66. The third-order valence-electron chi connectivity index (χ3n) is 2.02. The molecule has 0 unspecified atom stereocenters. The minimum atomic E-state index is -0.513. The van der Waals surface area contributed by atoms with E-state index in [1.165, 1.54) is 6.20 Å². The first kappa shape index (κ1) is 11.9. The van der Waals surface area contributed by atoms with E-state index in [2.05, 4.69) is 10.3 Å². The standard InChI is InChI=1S/C10H14ClN3O/c1-6(2)9(12)10(15)14-7-3-4-8(11)13-5-7/h3-6,9H,12H2,1-2H3,(H,14,15)/t9-/m1/s1. The summed E-state index contributed by atoms with van der Waals surface area (Å²) in [4.78, 5) is 15.4. The first-order valence-electron chi connectivity index (χ1n) is 4.68. The fourth-order valence-electron chi connectivity index (χ4n) is 0.978. The van der Waals surface area contributed by atoms with Crippen molar-refractivity contribution in [2.75, 3.05) is 5.32 Å². The molecule has 0 saturated carbocycles. The van der Waals surface area contributed by atoms with Gasteiger partial charge in [0, 0.05) is 0 Å². The zero-order valence-corrected chi connectivity index (χ0v) is 9.45. The van der Waals surface area contributed by atoms with E-state index in [0.717, 1.165) is 0 Å². The van der Waals surface area contributed by atoms with Gasteiger partial charge in [-0.15, -0.1) is 0 Å². The van der Waals surface area contributed by atoms with Crippen LogP contribution < -0.4 is 11.1 Å². The maximum absolute atomic E-state index is 11.5. The summed E-state index contributed by atoms with van der Waals surface area (Å²) in [6.07, 6.45) is 1.49. The van der Waals surface area contributed by atoms with Crippen molar-refractivity contribution in [3.8, 4) is 0 Å². The SMILES string of the molecule is CC(C)[C@@H](N)C(=O)Nc1ccc(Cl)nc1. The lowest BCUT2D eigenvalue weighted by Crippen LogP contribution is -2.39. The lowest BCUT2D eigenvalue weighted by atomic mass is 10.1. The van der Waals surface area contributed by atoms with Crippen LogP contribution in [0.25, 0.3) is 0 Å². The largest absolute Gasteiger partial charge is 0.323 e. The first-order chi connectivity index (χ1) is 7.00. The Morgan fingerprint density at radius 3 is 2.67 bits per heavy atom. The number of carbonyl (C=O) groups is 1. The highest BCUT2D eigenvalue weighted by atomic mass is 35.5. The summed E-state index contributed by atoms with van der Waals surface area (Å²) in [5, 5.41) is 3.06. The predicted molar refractivity (Wildman–Crippen MR) is 60.7 cm³/mol.